The summed E-state index contributed by atoms with van der Waals surface area (Å²) >= 11 is 0. The number of benzene rings is 2. The first-order chi connectivity index (χ1) is 14.8. The van der Waals surface area contributed by atoms with Gasteiger partial charge in [0.15, 0.2) is 11.8 Å². The Labute approximate surface area is 208 Å². The standard InChI is InChI=1S/C23H23N3O5.Na.H/c1-14-6-3-4-9-17(14)15-7-5-8-16(12-15)18(13-20(28)29)24-23(31)25-21-19(27)10-11-26(2)22(21)30;;/h3-12,18,21H,13H2,1-2H3,(H,28,29)(H2,24,25,31);;/t18-,21?;;/m0../s1. The molecule has 32 heavy (non-hydrogen) atoms. The van der Waals surface area contributed by atoms with Crippen LogP contribution in [0.25, 0.3) is 11.1 Å². The number of carbonyl (C=O) groups excluding carboxylic acids is 3. The Kier molecular flexibility index (Phi) is 8.77. The van der Waals surface area contributed by atoms with Crippen LogP contribution in [-0.2, 0) is 14.4 Å². The van der Waals surface area contributed by atoms with Crippen molar-refractivity contribution in [2.24, 2.45) is 0 Å². The van der Waals surface area contributed by atoms with Gasteiger partial charge in [-0.25, -0.2) is 4.79 Å². The average molecular weight is 445 g/mol. The van der Waals surface area contributed by atoms with E-state index >= 15 is 0 Å². The third kappa shape index (κ3) is 6.06. The van der Waals surface area contributed by atoms with E-state index in [1.165, 1.54) is 24.2 Å². The second-order valence-electron chi connectivity index (χ2n) is 7.31. The Balaban J connectivity index is 0.00000363. The number of likely N-dealkylation sites (N-methyl/N-ethyl adjacent to an activating group) is 1. The summed E-state index contributed by atoms with van der Waals surface area (Å²) in [6.07, 6.45) is 2.16. The van der Waals surface area contributed by atoms with Crippen molar-refractivity contribution in [1.29, 1.82) is 0 Å². The van der Waals surface area contributed by atoms with E-state index in [2.05, 4.69) is 10.6 Å². The van der Waals surface area contributed by atoms with Gasteiger partial charge in [-0.05, 0) is 35.2 Å². The van der Waals surface area contributed by atoms with Gasteiger partial charge in [-0.15, -0.1) is 0 Å². The van der Waals surface area contributed by atoms with Crippen molar-refractivity contribution in [2.75, 3.05) is 7.05 Å². The number of hydrogen-bond donors (Lipinski definition) is 3. The van der Waals surface area contributed by atoms with E-state index < -0.39 is 35.8 Å². The SMILES string of the molecule is Cc1ccccc1-c1cccc([C@H](CC(=O)O)NC(=O)NC2C(=O)C=CN(C)C2=O)c1.[NaH]. The first-order valence-corrected chi connectivity index (χ1v) is 9.70. The van der Waals surface area contributed by atoms with E-state index in [-0.39, 0.29) is 36.0 Å². The summed E-state index contributed by atoms with van der Waals surface area (Å²) in [5.74, 6) is -2.22. The molecule has 8 nitrogen and oxygen atoms in total. The number of nitrogens with one attached hydrogen (secondary N) is 2. The molecule has 0 saturated carbocycles. The molecule has 0 aromatic heterocycles. The van der Waals surface area contributed by atoms with Crippen LogP contribution in [0.3, 0.4) is 0 Å². The van der Waals surface area contributed by atoms with Gasteiger partial charge in [0, 0.05) is 19.3 Å². The van der Waals surface area contributed by atoms with Gasteiger partial charge < -0.3 is 20.6 Å². The van der Waals surface area contributed by atoms with Crippen LogP contribution in [0.5, 0.6) is 0 Å². The number of urea groups is 1. The Morgan fingerprint density at radius 2 is 1.84 bits per heavy atom. The fourth-order valence-electron chi connectivity index (χ4n) is 3.39. The summed E-state index contributed by atoms with van der Waals surface area (Å²) < 4.78 is 0. The van der Waals surface area contributed by atoms with Crippen molar-refractivity contribution in [3.05, 3.63) is 71.9 Å². The molecule has 2 atom stereocenters. The zero-order valence-corrected chi connectivity index (χ0v) is 17.2. The number of amides is 3. The first-order valence-electron chi connectivity index (χ1n) is 9.70. The van der Waals surface area contributed by atoms with Crippen molar-refractivity contribution in [3.63, 3.8) is 0 Å². The summed E-state index contributed by atoms with van der Waals surface area (Å²) in [4.78, 5) is 49.3. The van der Waals surface area contributed by atoms with Crippen LogP contribution >= 0.6 is 0 Å². The Hall–Kier alpha value is -2.94. The molecule has 0 spiro atoms. The van der Waals surface area contributed by atoms with Crippen molar-refractivity contribution >= 4 is 53.2 Å². The Morgan fingerprint density at radius 1 is 1.12 bits per heavy atom. The summed E-state index contributed by atoms with van der Waals surface area (Å²) in [6, 6.07) is 12.0. The maximum absolute atomic E-state index is 12.5. The summed E-state index contributed by atoms with van der Waals surface area (Å²) in [5.41, 5.74) is 3.54. The second-order valence-corrected chi connectivity index (χ2v) is 7.31. The van der Waals surface area contributed by atoms with Crippen LogP contribution in [0, 0.1) is 6.92 Å². The molecule has 0 aliphatic carbocycles. The summed E-state index contributed by atoms with van der Waals surface area (Å²) in [5, 5.41) is 14.3. The van der Waals surface area contributed by atoms with Crippen LogP contribution in [0.1, 0.15) is 23.6 Å². The number of carbonyl (C=O) groups is 4. The molecule has 0 radical (unpaired) electrons. The molecule has 162 valence electrons. The third-order valence-electron chi connectivity index (χ3n) is 5.05. The van der Waals surface area contributed by atoms with Gasteiger partial charge in [-0.3, -0.25) is 14.4 Å². The molecule has 1 aliphatic rings. The van der Waals surface area contributed by atoms with E-state index in [9.17, 15) is 24.3 Å². The number of carboxylic acid groups (broad SMARTS) is 1. The summed E-state index contributed by atoms with van der Waals surface area (Å²) in [6.45, 7) is 1.98. The zero-order chi connectivity index (χ0) is 22.5. The molecule has 1 heterocycles. The Morgan fingerprint density at radius 3 is 2.53 bits per heavy atom. The van der Waals surface area contributed by atoms with Gasteiger partial charge in [-0.2, -0.15) is 0 Å². The summed E-state index contributed by atoms with van der Waals surface area (Å²) in [7, 11) is 1.47. The van der Waals surface area contributed by atoms with Gasteiger partial charge in [0.25, 0.3) is 5.91 Å². The molecule has 0 bridgehead atoms. The van der Waals surface area contributed by atoms with E-state index in [4.69, 9.17) is 0 Å². The quantitative estimate of drug-likeness (QED) is 0.463. The molecular formula is C23H24N3NaO5. The number of nitrogens with zero attached hydrogens (tertiary/aromatic N) is 1. The van der Waals surface area contributed by atoms with Gasteiger partial charge in [-0.1, -0.05) is 42.5 Å². The monoisotopic (exact) mass is 445 g/mol. The molecule has 1 aliphatic heterocycles. The fraction of sp³-hybridized carbons (Fsp3) is 0.217. The van der Waals surface area contributed by atoms with Crippen LogP contribution in [0.15, 0.2) is 60.8 Å². The molecule has 3 N–H and O–H groups in total. The van der Waals surface area contributed by atoms with Crippen LogP contribution in [0.4, 0.5) is 4.79 Å². The number of rotatable bonds is 6. The number of ketones is 1. The molecular weight excluding hydrogens is 421 g/mol. The molecule has 0 saturated heterocycles. The van der Waals surface area contributed by atoms with E-state index in [0.29, 0.717) is 5.56 Å². The average Bonchev–Trinajstić information content (AvgIpc) is 2.73. The predicted octanol–water partition coefficient (Wildman–Crippen LogP) is 1.75. The number of carboxylic acids is 1. The zero-order valence-electron chi connectivity index (χ0n) is 17.2. The molecule has 3 rings (SSSR count). The van der Waals surface area contributed by atoms with Crippen molar-refractivity contribution in [3.8, 4) is 11.1 Å². The number of aliphatic carboxylic acids is 1. The Bertz CT molecular complexity index is 1070. The van der Waals surface area contributed by atoms with E-state index in [1.807, 2.05) is 43.3 Å². The topological polar surface area (TPSA) is 116 Å². The maximum atomic E-state index is 12.5. The minimum atomic E-state index is -1.35. The molecule has 2 aromatic carbocycles. The first kappa shape index (κ1) is 25.3. The number of aryl methyl sites for hydroxylation is 1. The molecule has 9 heteroatoms. The van der Waals surface area contributed by atoms with Gasteiger partial charge in [0.2, 0.25) is 0 Å². The second kappa shape index (κ2) is 11.1. The molecule has 1 unspecified atom stereocenters. The molecule has 0 fully saturated rings. The fourth-order valence-corrected chi connectivity index (χ4v) is 3.39. The number of hydrogen-bond acceptors (Lipinski definition) is 4. The van der Waals surface area contributed by atoms with Crippen molar-refractivity contribution in [1.82, 2.24) is 15.5 Å². The van der Waals surface area contributed by atoms with Crippen LogP contribution < -0.4 is 10.6 Å². The minimum absolute atomic E-state index is 0. The van der Waals surface area contributed by atoms with Crippen molar-refractivity contribution < 1.29 is 24.3 Å². The van der Waals surface area contributed by atoms with Crippen molar-refractivity contribution in [2.45, 2.75) is 25.4 Å². The van der Waals surface area contributed by atoms with E-state index in [0.717, 1.165) is 16.7 Å². The van der Waals surface area contributed by atoms with Crippen LogP contribution in [0.2, 0.25) is 0 Å². The third-order valence-corrected chi connectivity index (χ3v) is 5.05. The van der Waals surface area contributed by atoms with Gasteiger partial charge in [0.05, 0.1) is 12.5 Å². The molecule has 3 amide bonds. The van der Waals surface area contributed by atoms with Crippen LogP contribution in [-0.4, -0.2) is 76.3 Å². The van der Waals surface area contributed by atoms with E-state index in [1.54, 1.807) is 12.1 Å². The van der Waals surface area contributed by atoms with Gasteiger partial charge >= 0.3 is 41.6 Å². The normalized spacial score (nSPS) is 16.2. The predicted molar refractivity (Wildman–Crippen MR) is 121 cm³/mol. The molecule has 2 aromatic rings. The van der Waals surface area contributed by atoms with Gasteiger partial charge in [0.1, 0.15) is 0 Å².